The molecule has 4 aromatic rings. The van der Waals surface area contributed by atoms with E-state index < -0.39 is 11.2 Å². The van der Waals surface area contributed by atoms with Crippen LogP contribution < -0.4 is 15.5 Å². The SMILES string of the molecule is COc1ccccc1NC(=O)Cn1cc(C(=O)c2ccncc2)c(=O)c2cc(Br)ccc21. The normalized spacial score (nSPS) is 10.7. The Labute approximate surface area is 191 Å². The summed E-state index contributed by atoms with van der Waals surface area (Å²) < 4.78 is 7.57. The number of halogens is 1. The van der Waals surface area contributed by atoms with Crippen LogP contribution in [0.5, 0.6) is 5.75 Å². The molecule has 0 atom stereocenters. The topological polar surface area (TPSA) is 90.3 Å². The molecule has 0 unspecified atom stereocenters. The van der Waals surface area contributed by atoms with E-state index >= 15 is 0 Å². The van der Waals surface area contributed by atoms with Crippen LogP contribution in [-0.2, 0) is 11.3 Å². The number of nitrogens with zero attached hydrogens (tertiary/aromatic N) is 2. The van der Waals surface area contributed by atoms with Gasteiger partial charge in [-0.05, 0) is 42.5 Å². The van der Waals surface area contributed by atoms with Crippen LogP contribution in [0, 0.1) is 0 Å². The number of anilines is 1. The second kappa shape index (κ2) is 9.15. The molecule has 0 fully saturated rings. The second-order valence-corrected chi connectivity index (χ2v) is 7.89. The maximum atomic E-state index is 13.1. The van der Waals surface area contributed by atoms with Crippen LogP contribution >= 0.6 is 15.9 Å². The molecule has 0 spiro atoms. The summed E-state index contributed by atoms with van der Waals surface area (Å²) in [6.45, 7) is -0.104. The summed E-state index contributed by atoms with van der Waals surface area (Å²) in [6, 6.07) is 15.3. The molecule has 0 bridgehead atoms. The van der Waals surface area contributed by atoms with Gasteiger partial charge in [-0.25, -0.2) is 0 Å². The number of ether oxygens (including phenoxy) is 1. The molecule has 32 heavy (non-hydrogen) atoms. The summed E-state index contributed by atoms with van der Waals surface area (Å²) in [5, 5.41) is 3.15. The number of rotatable bonds is 6. The molecule has 2 aromatic heterocycles. The van der Waals surface area contributed by atoms with Gasteiger partial charge in [0, 0.05) is 34.0 Å². The van der Waals surface area contributed by atoms with Crippen LogP contribution in [0.4, 0.5) is 5.69 Å². The summed E-state index contributed by atoms with van der Waals surface area (Å²) in [5.74, 6) is -0.231. The standard InChI is InChI=1S/C24H18BrN3O4/c1-32-21-5-3-2-4-19(21)27-22(29)14-28-13-18(23(30)15-8-10-26-11-9-15)24(31)17-12-16(25)6-7-20(17)28/h2-13H,14H2,1H3,(H,27,29). The molecular formula is C24H18BrN3O4. The van der Waals surface area contributed by atoms with Gasteiger partial charge >= 0.3 is 0 Å². The Kier molecular flexibility index (Phi) is 6.13. The lowest BCUT2D eigenvalue weighted by atomic mass is 10.0. The number of pyridine rings is 2. The third-order valence-corrected chi connectivity index (χ3v) is 5.42. The predicted octanol–water partition coefficient (Wildman–Crippen LogP) is 4.04. The number of methoxy groups -OCH3 is 1. The van der Waals surface area contributed by atoms with Gasteiger partial charge in [-0.2, -0.15) is 0 Å². The Morgan fingerprint density at radius 3 is 2.59 bits per heavy atom. The molecule has 0 aliphatic carbocycles. The predicted molar refractivity (Wildman–Crippen MR) is 125 cm³/mol. The van der Waals surface area contributed by atoms with Gasteiger partial charge in [0.15, 0.2) is 5.78 Å². The molecule has 0 saturated carbocycles. The van der Waals surface area contributed by atoms with E-state index in [2.05, 4.69) is 26.2 Å². The minimum atomic E-state index is -0.432. The molecule has 7 nitrogen and oxygen atoms in total. The lowest BCUT2D eigenvalue weighted by Crippen LogP contribution is -2.24. The van der Waals surface area contributed by atoms with Crippen molar-refractivity contribution in [2.75, 3.05) is 12.4 Å². The average molecular weight is 492 g/mol. The van der Waals surface area contributed by atoms with Crippen molar-refractivity contribution in [2.24, 2.45) is 0 Å². The summed E-state index contributed by atoms with van der Waals surface area (Å²) in [6.07, 6.45) is 4.41. The van der Waals surface area contributed by atoms with E-state index in [9.17, 15) is 14.4 Å². The van der Waals surface area contributed by atoms with E-state index in [1.807, 2.05) is 0 Å². The zero-order valence-electron chi connectivity index (χ0n) is 17.0. The van der Waals surface area contributed by atoms with E-state index in [0.717, 1.165) is 0 Å². The van der Waals surface area contributed by atoms with Crippen LogP contribution in [0.25, 0.3) is 10.9 Å². The number of carbonyl (C=O) groups is 2. The van der Waals surface area contributed by atoms with Crippen molar-refractivity contribution in [1.29, 1.82) is 0 Å². The van der Waals surface area contributed by atoms with Gasteiger partial charge in [0.25, 0.3) is 0 Å². The monoisotopic (exact) mass is 491 g/mol. The van der Waals surface area contributed by atoms with Gasteiger partial charge in [0.1, 0.15) is 12.3 Å². The highest BCUT2D eigenvalue weighted by Crippen LogP contribution is 2.24. The molecule has 1 amide bonds. The van der Waals surface area contributed by atoms with E-state index in [4.69, 9.17) is 4.74 Å². The van der Waals surface area contributed by atoms with Crippen LogP contribution in [0.3, 0.4) is 0 Å². The molecule has 0 radical (unpaired) electrons. The lowest BCUT2D eigenvalue weighted by molar-refractivity contribution is -0.116. The minimum absolute atomic E-state index is 0.0214. The molecular weight excluding hydrogens is 474 g/mol. The van der Waals surface area contributed by atoms with E-state index in [1.165, 1.54) is 25.7 Å². The number of hydrogen-bond acceptors (Lipinski definition) is 5. The molecule has 8 heteroatoms. The minimum Gasteiger partial charge on any atom is -0.495 e. The zero-order valence-corrected chi connectivity index (χ0v) is 18.6. The van der Waals surface area contributed by atoms with Crippen molar-refractivity contribution in [3.05, 3.63) is 99.0 Å². The number of aromatic nitrogens is 2. The Hall–Kier alpha value is -3.78. The first kappa shape index (κ1) is 21.5. The summed E-state index contributed by atoms with van der Waals surface area (Å²) in [5.41, 5.74) is 0.994. The number of para-hydroxylation sites is 2. The highest BCUT2D eigenvalue weighted by Gasteiger charge is 2.19. The van der Waals surface area contributed by atoms with Gasteiger partial charge in [-0.15, -0.1) is 0 Å². The average Bonchev–Trinajstić information content (AvgIpc) is 2.81. The maximum Gasteiger partial charge on any atom is 0.244 e. The van der Waals surface area contributed by atoms with Crippen LogP contribution in [0.15, 0.2) is 82.5 Å². The zero-order chi connectivity index (χ0) is 22.7. The summed E-state index contributed by atoms with van der Waals surface area (Å²) in [4.78, 5) is 42.9. The van der Waals surface area contributed by atoms with Crippen LogP contribution in [0.1, 0.15) is 15.9 Å². The third kappa shape index (κ3) is 4.31. The Morgan fingerprint density at radius 2 is 1.84 bits per heavy atom. The van der Waals surface area contributed by atoms with E-state index in [-0.39, 0.29) is 18.0 Å². The molecule has 2 heterocycles. The highest BCUT2D eigenvalue weighted by molar-refractivity contribution is 9.10. The maximum absolute atomic E-state index is 13.1. The highest BCUT2D eigenvalue weighted by atomic mass is 79.9. The number of ketones is 1. The van der Waals surface area contributed by atoms with E-state index in [0.29, 0.717) is 32.4 Å². The summed E-state index contributed by atoms with van der Waals surface area (Å²) >= 11 is 3.37. The Balaban J connectivity index is 1.76. The fourth-order valence-electron chi connectivity index (χ4n) is 3.41. The molecule has 0 aliphatic heterocycles. The van der Waals surface area contributed by atoms with Crippen molar-refractivity contribution in [3.63, 3.8) is 0 Å². The van der Waals surface area contributed by atoms with Crippen LogP contribution in [-0.4, -0.2) is 28.4 Å². The van der Waals surface area contributed by atoms with Crippen molar-refractivity contribution in [2.45, 2.75) is 6.54 Å². The van der Waals surface area contributed by atoms with Gasteiger partial charge < -0.3 is 14.6 Å². The van der Waals surface area contributed by atoms with E-state index in [1.54, 1.807) is 59.2 Å². The number of amides is 1. The number of benzene rings is 2. The molecule has 2 aromatic carbocycles. The van der Waals surface area contributed by atoms with Gasteiger partial charge in [-0.3, -0.25) is 19.4 Å². The number of fused-ring (bicyclic) bond motifs is 1. The first-order valence-corrected chi connectivity index (χ1v) is 10.5. The van der Waals surface area contributed by atoms with Crippen molar-refractivity contribution in [1.82, 2.24) is 9.55 Å². The fourth-order valence-corrected chi connectivity index (χ4v) is 3.77. The van der Waals surface area contributed by atoms with Gasteiger partial charge in [0.05, 0.1) is 23.9 Å². The Bertz CT molecular complexity index is 1380. The molecule has 1 N–H and O–H groups in total. The largest absolute Gasteiger partial charge is 0.495 e. The second-order valence-electron chi connectivity index (χ2n) is 6.97. The van der Waals surface area contributed by atoms with Crippen molar-refractivity contribution < 1.29 is 14.3 Å². The fraction of sp³-hybridized carbons (Fsp3) is 0.0833. The smallest absolute Gasteiger partial charge is 0.244 e. The quantitative estimate of drug-likeness (QED) is 0.411. The number of nitrogens with one attached hydrogen (secondary N) is 1. The molecule has 160 valence electrons. The van der Waals surface area contributed by atoms with Crippen molar-refractivity contribution >= 4 is 44.2 Å². The van der Waals surface area contributed by atoms with Gasteiger partial charge in [-0.1, -0.05) is 28.1 Å². The Morgan fingerprint density at radius 1 is 1.09 bits per heavy atom. The van der Waals surface area contributed by atoms with Crippen LogP contribution in [0.2, 0.25) is 0 Å². The molecule has 0 aliphatic rings. The van der Waals surface area contributed by atoms with Crippen molar-refractivity contribution in [3.8, 4) is 5.75 Å². The van der Waals surface area contributed by atoms with Gasteiger partial charge in [0.2, 0.25) is 11.3 Å². The molecule has 4 rings (SSSR count). The third-order valence-electron chi connectivity index (χ3n) is 4.92. The lowest BCUT2D eigenvalue weighted by Gasteiger charge is -2.15. The number of carbonyl (C=O) groups excluding carboxylic acids is 2. The number of hydrogen-bond donors (Lipinski definition) is 1. The first-order chi connectivity index (χ1) is 15.5. The molecule has 0 saturated heterocycles. The first-order valence-electron chi connectivity index (χ1n) is 9.68. The summed E-state index contributed by atoms with van der Waals surface area (Å²) in [7, 11) is 1.52.